The molecule has 0 bridgehead atoms. The maximum Gasteiger partial charge on any atom is 0.257 e. The summed E-state index contributed by atoms with van der Waals surface area (Å²) in [6.07, 6.45) is 0.447. The Hall–Kier alpha value is -4.33. The van der Waals surface area contributed by atoms with Crippen LogP contribution >= 0.6 is 0 Å². The van der Waals surface area contributed by atoms with Crippen LogP contribution in [0.25, 0.3) is 0 Å². The highest BCUT2D eigenvalue weighted by atomic mass is 19.1. The molecule has 0 saturated heterocycles. The first kappa shape index (κ1) is 24.4. The Morgan fingerprint density at radius 2 is 1.78 bits per heavy atom. The zero-order valence-corrected chi connectivity index (χ0v) is 20.6. The van der Waals surface area contributed by atoms with Gasteiger partial charge >= 0.3 is 0 Å². The third-order valence-corrected chi connectivity index (χ3v) is 6.36. The van der Waals surface area contributed by atoms with E-state index in [-0.39, 0.29) is 12.1 Å². The minimum Gasteiger partial charge on any atom is -0.438 e. The van der Waals surface area contributed by atoms with Crippen LogP contribution in [0.15, 0.2) is 72.8 Å². The highest BCUT2D eigenvalue weighted by Gasteiger charge is 2.29. The van der Waals surface area contributed by atoms with Crippen molar-refractivity contribution >= 4 is 11.9 Å². The summed E-state index contributed by atoms with van der Waals surface area (Å²) in [7, 11) is 1.92. The van der Waals surface area contributed by atoms with Crippen LogP contribution in [-0.4, -0.2) is 34.4 Å². The fourth-order valence-corrected chi connectivity index (χ4v) is 4.34. The second-order valence-corrected chi connectivity index (χ2v) is 9.06. The van der Waals surface area contributed by atoms with Gasteiger partial charge in [0, 0.05) is 32.6 Å². The molecule has 1 aromatic heterocycles. The monoisotopic (exact) mass is 500 g/mol. The summed E-state index contributed by atoms with van der Waals surface area (Å²) >= 11 is 0. The summed E-state index contributed by atoms with van der Waals surface area (Å²) in [5.41, 5.74) is 3.32. The van der Waals surface area contributed by atoms with Crippen LogP contribution in [0, 0.1) is 18.6 Å². The Balaban J connectivity index is 1.49. The van der Waals surface area contributed by atoms with Crippen molar-refractivity contribution in [1.82, 2.24) is 14.9 Å². The topological polar surface area (TPSA) is 58.6 Å². The van der Waals surface area contributed by atoms with Crippen molar-refractivity contribution < 1.29 is 18.3 Å². The molecule has 0 unspecified atom stereocenters. The van der Waals surface area contributed by atoms with E-state index in [4.69, 9.17) is 14.7 Å². The maximum absolute atomic E-state index is 14.3. The Morgan fingerprint density at radius 1 is 1.03 bits per heavy atom. The van der Waals surface area contributed by atoms with Crippen LogP contribution in [0.5, 0.6) is 11.6 Å². The molecule has 0 radical (unpaired) electrons. The molecule has 5 rings (SSSR count). The van der Waals surface area contributed by atoms with Crippen LogP contribution in [0.1, 0.15) is 32.7 Å². The van der Waals surface area contributed by atoms with Gasteiger partial charge in [0.1, 0.15) is 17.4 Å². The fourth-order valence-electron chi connectivity index (χ4n) is 4.34. The number of amides is 1. The zero-order chi connectivity index (χ0) is 25.9. The molecule has 3 aromatic carbocycles. The third kappa shape index (κ3) is 5.28. The molecular weight excluding hydrogens is 474 g/mol. The number of fused-ring (bicyclic) bond motifs is 1. The van der Waals surface area contributed by atoms with Crippen molar-refractivity contribution in [2.45, 2.75) is 26.4 Å². The van der Waals surface area contributed by atoms with Crippen molar-refractivity contribution in [1.29, 1.82) is 0 Å². The van der Waals surface area contributed by atoms with E-state index in [1.54, 1.807) is 0 Å². The van der Waals surface area contributed by atoms with E-state index in [1.165, 1.54) is 11.0 Å². The number of hydrogen-bond acceptors (Lipinski definition) is 5. The Morgan fingerprint density at radius 3 is 2.54 bits per heavy atom. The van der Waals surface area contributed by atoms with E-state index in [9.17, 15) is 13.6 Å². The molecule has 0 N–H and O–H groups in total. The van der Waals surface area contributed by atoms with Crippen LogP contribution in [0.3, 0.4) is 0 Å². The largest absolute Gasteiger partial charge is 0.438 e. The molecule has 37 heavy (non-hydrogen) atoms. The molecule has 1 amide bonds. The van der Waals surface area contributed by atoms with Gasteiger partial charge in [0.15, 0.2) is 0 Å². The van der Waals surface area contributed by atoms with Gasteiger partial charge in [0.2, 0.25) is 11.8 Å². The summed E-state index contributed by atoms with van der Waals surface area (Å²) in [6.45, 7) is 3.04. The standard InChI is InChI=1S/C29H26F2N4O2/c1-19-8-6-7-11-26(19)37-27-23-18-35(28(36)22-13-12-21(30)16-24(22)31)15-14-25(23)32-29(33-27)34(2)17-20-9-4-3-5-10-20/h3-13,16H,14-15,17-18H2,1-2H3. The molecule has 6 nitrogen and oxygen atoms in total. The number of aromatic nitrogens is 2. The first-order valence-electron chi connectivity index (χ1n) is 12.0. The lowest BCUT2D eigenvalue weighted by atomic mass is 10.0. The molecule has 0 aliphatic carbocycles. The van der Waals surface area contributed by atoms with Gasteiger partial charge in [-0.25, -0.2) is 13.8 Å². The molecule has 1 aliphatic heterocycles. The van der Waals surface area contributed by atoms with Gasteiger partial charge in [-0.1, -0.05) is 48.5 Å². The van der Waals surface area contributed by atoms with E-state index in [0.29, 0.717) is 42.7 Å². The summed E-state index contributed by atoms with van der Waals surface area (Å²) < 4.78 is 34.0. The summed E-state index contributed by atoms with van der Waals surface area (Å²) in [6, 6.07) is 20.6. The van der Waals surface area contributed by atoms with Crippen molar-refractivity contribution in [3.63, 3.8) is 0 Å². The molecule has 0 fully saturated rings. The SMILES string of the molecule is Cc1ccccc1Oc1nc(N(C)Cc2ccccc2)nc2c1CN(C(=O)c1ccc(F)cc1F)CC2. The number of nitrogens with zero attached hydrogens (tertiary/aromatic N) is 4. The van der Waals surface area contributed by atoms with Gasteiger partial charge < -0.3 is 14.5 Å². The van der Waals surface area contributed by atoms with Gasteiger partial charge in [-0.2, -0.15) is 4.98 Å². The number of rotatable bonds is 6. The van der Waals surface area contributed by atoms with Gasteiger partial charge in [-0.05, 0) is 36.2 Å². The van der Waals surface area contributed by atoms with Crippen molar-refractivity contribution in [2.75, 3.05) is 18.5 Å². The van der Waals surface area contributed by atoms with Crippen molar-refractivity contribution in [3.8, 4) is 11.6 Å². The van der Waals surface area contributed by atoms with E-state index in [1.807, 2.05) is 73.5 Å². The number of halogens is 2. The number of aryl methyl sites for hydroxylation is 1. The molecule has 1 aliphatic rings. The minimum absolute atomic E-state index is 0.148. The van der Waals surface area contributed by atoms with Crippen LogP contribution in [-0.2, 0) is 19.5 Å². The number of anilines is 1. The fraction of sp³-hybridized carbons (Fsp3) is 0.207. The lowest BCUT2D eigenvalue weighted by molar-refractivity contribution is 0.0727. The normalized spacial score (nSPS) is 12.7. The van der Waals surface area contributed by atoms with Crippen LogP contribution < -0.4 is 9.64 Å². The Bertz CT molecular complexity index is 1450. The smallest absolute Gasteiger partial charge is 0.257 e. The van der Waals surface area contributed by atoms with Gasteiger partial charge in [0.05, 0.1) is 23.4 Å². The Kier molecular flexibility index (Phi) is 6.81. The molecule has 0 atom stereocenters. The highest BCUT2D eigenvalue weighted by Crippen LogP contribution is 2.33. The lowest BCUT2D eigenvalue weighted by Crippen LogP contribution is -2.37. The Labute approximate surface area is 214 Å². The highest BCUT2D eigenvalue weighted by molar-refractivity contribution is 5.94. The van der Waals surface area contributed by atoms with Crippen molar-refractivity contribution in [3.05, 3.63) is 112 Å². The number of carbonyl (C=O) groups is 1. The second kappa shape index (κ2) is 10.3. The average Bonchev–Trinajstić information content (AvgIpc) is 2.90. The molecule has 0 spiro atoms. The second-order valence-electron chi connectivity index (χ2n) is 9.06. The lowest BCUT2D eigenvalue weighted by Gasteiger charge is -2.30. The molecule has 0 saturated carbocycles. The maximum atomic E-state index is 14.3. The minimum atomic E-state index is -0.888. The summed E-state index contributed by atoms with van der Waals surface area (Å²) in [5.74, 6) is -0.626. The number of hydrogen-bond donors (Lipinski definition) is 0. The predicted octanol–water partition coefficient (Wildman–Crippen LogP) is 5.69. The van der Waals surface area contributed by atoms with Gasteiger partial charge in [-0.3, -0.25) is 4.79 Å². The quantitative estimate of drug-likeness (QED) is 0.340. The van der Waals surface area contributed by atoms with E-state index < -0.39 is 17.5 Å². The molecular formula is C29H26F2N4O2. The van der Waals surface area contributed by atoms with E-state index >= 15 is 0 Å². The number of benzene rings is 3. The first-order valence-corrected chi connectivity index (χ1v) is 12.0. The zero-order valence-electron chi connectivity index (χ0n) is 20.6. The molecule has 4 aromatic rings. The molecule has 8 heteroatoms. The van der Waals surface area contributed by atoms with Crippen LogP contribution in [0.4, 0.5) is 14.7 Å². The summed E-state index contributed by atoms with van der Waals surface area (Å²) in [5, 5.41) is 0. The van der Waals surface area contributed by atoms with Gasteiger partial charge in [0.25, 0.3) is 5.91 Å². The number of carbonyl (C=O) groups excluding carboxylic acids is 1. The van der Waals surface area contributed by atoms with Crippen molar-refractivity contribution in [2.24, 2.45) is 0 Å². The predicted molar refractivity (Wildman–Crippen MR) is 137 cm³/mol. The van der Waals surface area contributed by atoms with E-state index in [2.05, 4.69) is 0 Å². The number of para-hydroxylation sites is 1. The first-order chi connectivity index (χ1) is 17.9. The van der Waals surface area contributed by atoms with E-state index in [0.717, 1.165) is 29.0 Å². The summed E-state index contributed by atoms with van der Waals surface area (Å²) in [4.78, 5) is 26.1. The third-order valence-electron chi connectivity index (χ3n) is 6.36. The number of ether oxygens (including phenoxy) is 1. The van der Waals surface area contributed by atoms with Crippen LogP contribution in [0.2, 0.25) is 0 Å². The van der Waals surface area contributed by atoms with Gasteiger partial charge in [-0.15, -0.1) is 0 Å². The molecule has 188 valence electrons. The molecule has 2 heterocycles. The average molecular weight is 501 g/mol.